The summed E-state index contributed by atoms with van der Waals surface area (Å²) in [5.41, 5.74) is 0.988. The van der Waals surface area contributed by atoms with Gasteiger partial charge in [0.1, 0.15) is 11.3 Å². The van der Waals surface area contributed by atoms with Gasteiger partial charge >= 0.3 is 5.97 Å². The molecule has 0 aromatic heterocycles. The number of benzene rings is 2. The zero-order valence-electron chi connectivity index (χ0n) is 15.3. The highest BCUT2D eigenvalue weighted by Crippen LogP contribution is 2.26. The minimum absolute atomic E-state index is 0.271. The van der Waals surface area contributed by atoms with E-state index in [-0.39, 0.29) is 11.6 Å². The average molecular weight is 410 g/mol. The Bertz CT molecular complexity index is 825. The van der Waals surface area contributed by atoms with Crippen LogP contribution < -0.4 is 10.1 Å². The van der Waals surface area contributed by atoms with Gasteiger partial charge in [-0.2, -0.15) is 0 Å². The Labute approximate surface area is 168 Å². The van der Waals surface area contributed by atoms with Crippen LogP contribution in [0.3, 0.4) is 0 Å². The maximum Gasteiger partial charge on any atom is 0.342 e. The van der Waals surface area contributed by atoms with Gasteiger partial charge in [0, 0.05) is 10.0 Å². The number of hydrogen-bond donors (Lipinski definition) is 1. The summed E-state index contributed by atoms with van der Waals surface area (Å²) in [6, 6.07) is 11.4. The molecule has 27 heavy (non-hydrogen) atoms. The molecule has 0 aliphatic rings. The zero-order chi connectivity index (χ0) is 20.0. The van der Waals surface area contributed by atoms with Crippen molar-refractivity contribution in [3.05, 3.63) is 63.6 Å². The third-order valence-electron chi connectivity index (χ3n) is 3.85. The van der Waals surface area contributed by atoms with Gasteiger partial charge in [-0.3, -0.25) is 4.79 Å². The lowest BCUT2D eigenvalue weighted by molar-refractivity contribution is -0.129. The van der Waals surface area contributed by atoms with Crippen molar-refractivity contribution in [1.82, 2.24) is 5.32 Å². The summed E-state index contributed by atoms with van der Waals surface area (Å²) in [4.78, 5) is 24.8. The number of carbonyl (C=O) groups is 2. The predicted octanol–water partition coefficient (Wildman–Crippen LogP) is 4.81. The van der Waals surface area contributed by atoms with Crippen LogP contribution in [-0.2, 0) is 9.53 Å². The molecule has 0 aliphatic heterocycles. The Balaban J connectivity index is 2.02. The second-order valence-corrected chi connectivity index (χ2v) is 6.72. The summed E-state index contributed by atoms with van der Waals surface area (Å²) in [7, 11) is 0. The molecule has 144 valence electrons. The van der Waals surface area contributed by atoms with Crippen LogP contribution in [0.4, 0.5) is 0 Å². The van der Waals surface area contributed by atoms with Crippen LogP contribution in [0.15, 0.2) is 42.5 Å². The Kier molecular flexibility index (Phi) is 7.51. The van der Waals surface area contributed by atoms with Crippen molar-refractivity contribution < 1.29 is 19.1 Å². The van der Waals surface area contributed by atoms with Gasteiger partial charge in [-0.25, -0.2) is 4.79 Å². The topological polar surface area (TPSA) is 64.6 Å². The highest BCUT2D eigenvalue weighted by Gasteiger charge is 2.23. The Morgan fingerprint density at radius 2 is 1.81 bits per heavy atom. The lowest BCUT2D eigenvalue weighted by atomic mass is 10.1. The van der Waals surface area contributed by atoms with Gasteiger partial charge < -0.3 is 14.8 Å². The van der Waals surface area contributed by atoms with E-state index in [9.17, 15) is 9.59 Å². The van der Waals surface area contributed by atoms with Crippen molar-refractivity contribution in [3.63, 3.8) is 0 Å². The Morgan fingerprint density at radius 3 is 2.48 bits per heavy atom. The van der Waals surface area contributed by atoms with Gasteiger partial charge in [0.25, 0.3) is 5.91 Å². The van der Waals surface area contributed by atoms with Crippen LogP contribution in [0.25, 0.3) is 0 Å². The Morgan fingerprint density at radius 1 is 1.11 bits per heavy atom. The second kappa shape index (κ2) is 9.62. The molecule has 2 aromatic carbocycles. The van der Waals surface area contributed by atoms with E-state index < -0.39 is 18.0 Å². The highest BCUT2D eigenvalue weighted by molar-refractivity contribution is 6.35. The molecule has 0 aliphatic carbocycles. The first-order chi connectivity index (χ1) is 12.8. The largest absolute Gasteiger partial charge is 0.493 e. The van der Waals surface area contributed by atoms with E-state index in [0.717, 1.165) is 5.56 Å². The quantitative estimate of drug-likeness (QED) is 0.665. The number of ether oxygens (including phenoxy) is 2. The van der Waals surface area contributed by atoms with Gasteiger partial charge in [-0.1, -0.05) is 41.4 Å². The van der Waals surface area contributed by atoms with Crippen LogP contribution in [0.5, 0.6) is 5.75 Å². The molecular weight excluding hydrogens is 389 g/mol. The molecule has 2 rings (SSSR count). The number of nitrogens with one attached hydrogen (secondary N) is 1. The minimum Gasteiger partial charge on any atom is -0.493 e. The first-order valence-electron chi connectivity index (χ1n) is 8.51. The summed E-state index contributed by atoms with van der Waals surface area (Å²) >= 11 is 12.1. The fraction of sp³-hybridized carbons (Fsp3) is 0.300. The molecule has 0 fully saturated rings. The van der Waals surface area contributed by atoms with Gasteiger partial charge in [0.2, 0.25) is 0 Å². The average Bonchev–Trinajstić information content (AvgIpc) is 2.62. The van der Waals surface area contributed by atoms with Crippen LogP contribution in [0.1, 0.15) is 42.7 Å². The van der Waals surface area contributed by atoms with E-state index in [1.807, 2.05) is 6.92 Å². The van der Waals surface area contributed by atoms with Crippen molar-refractivity contribution in [1.29, 1.82) is 0 Å². The fourth-order valence-electron chi connectivity index (χ4n) is 2.46. The van der Waals surface area contributed by atoms with Crippen LogP contribution in [0, 0.1) is 0 Å². The van der Waals surface area contributed by atoms with Gasteiger partial charge in [0.05, 0.1) is 12.6 Å². The summed E-state index contributed by atoms with van der Waals surface area (Å²) in [5, 5.41) is 3.74. The number of rotatable bonds is 7. The second-order valence-electron chi connectivity index (χ2n) is 5.87. The first kappa shape index (κ1) is 21.1. The van der Waals surface area contributed by atoms with Gasteiger partial charge in [-0.15, -0.1) is 0 Å². The molecule has 0 saturated carbocycles. The maximum absolute atomic E-state index is 12.4. The SMILES string of the molecule is CCOc1ccccc1C(=O)O[C@@H](C)C(=O)N[C@@H](C)c1ccc(Cl)cc1Cl. The van der Waals surface area contributed by atoms with Crippen molar-refractivity contribution >= 4 is 35.1 Å². The van der Waals surface area contributed by atoms with E-state index in [0.29, 0.717) is 22.4 Å². The summed E-state index contributed by atoms with van der Waals surface area (Å²) in [5.74, 6) is -0.645. The number of esters is 1. The van der Waals surface area contributed by atoms with E-state index in [2.05, 4.69) is 5.32 Å². The van der Waals surface area contributed by atoms with E-state index >= 15 is 0 Å². The van der Waals surface area contributed by atoms with Crippen molar-refractivity contribution in [2.24, 2.45) is 0 Å². The lowest BCUT2D eigenvalue weighted by Crippen LogP contribution is -2.37. The van der Waals surface area contributed by atoms with E-state index in [4.69, 9.17) is 32.7 Å². The molecule has 5 nitrogen and oxygen atoms in total. The van der Waals surface area contributed by atoms with Crippen molar-refractivity contribution in [2.75, 3.05) is 6.61 Å². The molecule has 0 saturated heterocycles. The molecule has 1 amide bonds. The smallest absolute Gasteiger partial charge is 0.342 e. The number of para-hydroxylation sites is 1. The Hall–Kier alpha value is -2.24. The maximum atomic E-state index is 12.4. The normalized spacial score (nSPS) is 12.8. The molecule has 0 spiro atoms. The number of halogens is 2. The standard InChI is InChI=1S/C20H21Cl2NO4/c1-4-26-18-8-6-5-7-16(18)20(25)27-13(3)19(24)23-12(2)15-10-9-14(21)11-17(15)22/h5-13H,4H2,1-3H3,(H,23,24)/t12-,13-/m0/s1. The fourth-order valence-corrected chi connectivity index (χ4v) is 3.03. The predicted molar refractivity (Wildman–Crippen MR) is 106 cm³/mol. The van der Waals surface area contributed by atoms with Crippen molar-refractivity contribution in [3.8, 4) is 5.75 Å². The number of hydrogen-bond acceptors (Lipinski definition) is 4. The molecule has 1 N–H and O–H groups in total. The van der Waals surface area contributed by atoms with E-state index in [1.165, 1.54) is 6.92 Å². The zero-order valence-corrected chi connectivity index (χ0v) is 16.8. The summed E-state index contributed by atoms with van der Waals surface area (Å²) < 4.78 is 10.7. The molecule has 0 radical (unpaired) electrons. The van der Waals surface area contributed by atoms with E-state index in [1.54, 1.807) is 49.4 Å². The summed E-state index contributed by atoms with van der Waals surface area (Å²) in [6.45, 7) is 5.53. The molecule has 7 heteroatoms. The third-order valence-corrected chi connectivity index (χ3v) is 4.41. The highest BCUT2D eigenvalue weighted by atomic mass is 35.5. The van der Waals surface area contributed by atoms with Gasteiger partial charge in [0.15, 0.2) is 6.10 Å². The van der Waals surface area contributed by atoms with Gasteiger partial charge in [-0.05, 0) is 50.6 Å². The molecular formula is C20H21Cl2NO4. The first-order valence-corrected chi connectivity index (χ1v) is 9.27. The molecule has 0 unspecified atom stereocenters. The minimum atomic E-state index is -0.985. The summed E-state index contributed by atoms with van der Waals surface area (Å²) in [6.07, 6.45) is -0.985. The number of amides is 1. The van der Waals surface area contributed by atoms with Crippen LogP contribution in [0.2, 0.25) is 10.0 Å². The molecule has 2 atom stereocenters. The molecule has 0 heterocycles. The lowest BCUT2D eigenvalue weighted by Gasteiger charge is -2.19. The van der Waals surface area contributed by atoms with Crippen LogP contribution in [-0.4, -0.2) is 24.6 Å². The number of carbonyl (C=O) groups excluding carboxylic acids is 2. The van der Waals surface area contributed by atoms with Crippen molar-refractivity contribution in [2.45, 2.75) is 32.9 Å². The third kappa shape index (κ3) is 5.62. The monoisotopic (exact) mass is 409 g/mol. The molecule has 0 bridgehead atoms. The van der Waals surface area contributed by atoms with Crippen LogP contribution >= 0.6 is 23.2 Å². The molecule has 2 aromatic rings.